The lowest BCUT2D eigenvalue weighted by molar-refractivity contribution is 0.0956. The number of sulfone groups is 1. The van der Waals surface area contributed by atoms with Gasteiger partial charge in [0.2, 0.25) is 0 Å². The molecule has 0 saturated heterocycles. The van der Waals surface area contributed by atoms with Gasteiger partial charge in [-0.3, -0.25) is 9.10 Å². The van der Waals surface area contributed by atoms with E-state index in [0.29, 0.717) is 10.7 Å². The largest absolute Gasteiger partial charge is 0.351 e. The molecule has 2 aromatic carbocycles. The van der Waals surface area contributed by atoms with Gasteiger partial charge in [-0.15, -0.1) is 0 Å². The van der Waals surface area contributed by atoms with E-state index in [1.165, 1.54) is 44.3 Å². The molecule has 0 atom stereocenters. The normalized spacial score (nSPS) is 11.8. The summed E-state index contributed by atoms with van der Waals surface area (Å²) in [5.74, 6) is -0.731. The number of sulfonamides is 1. The van der Waals surface area contributed by atoms with Gasteiger partial charge in [-0.2, -0.15) is 0 Å². The number of carbonyl (C=O) groups excluding carboxylic acids is 1. The lowest BCUT2D eigenvalue weighted by atomic mass is 10.2. The third-order valence-electron chi connectivity index (χ3n) is 4.06. The fraction of sp³-hybridized carbons (Fsp3) is 0.278. The van der Waals surface area contributed by atoms with E-state index in [4.69, 9.17) is 11.6 Å². The van der Waals surface area contributed by atoms with Crippen LogP contribution in [0.25, 0.3) is 0 Å². The first-order chi connectivity index (χ1) is 13.1. The quantitative estimate of drug-likeness (QED) is 0.673. The Bertz CT molecular complexity index is 1070. The lowest BCUT2D eigenvalue weighted by Crippen LogP contribution is -2.30. The molecule has 0 radical (unpaired) electrons. The summed E-state index contributed by atoms with van der Waals surface area (Å²) < 4.78 is 49.8. The number of anilines is 1. The van der Waals surface area contributed by atoms with Crippen LogP contribution >= 0.6 is 11.6 Å². The molecule has 0 saturated carbocycles. The lowest BCUT2D eigenvalue weighted by Gasteiger charge is -2.20. The number of rotatable bonds is 8. The number of halogens is 1. The van der Waals surface area contributed by atoms with Gasteiger partial charge in [0.15, 0.2) is 9.84 Å². The first kappa shape index (κ1) is 22.2. The standard InChI is InChI=1S/C18H21ClN2O5S2/c1-3-27(23,24)11-10-20-18(22)14-6-4-9-17(12-14)28(25,26)21(2)16-8-5-7-15(19)13-16/h4-9,12-13H,3,10-11H2,1-2H3,(H,20,22). The average Bonchev–Trinajstić information content (AvgIpc) is 2.67. The van der Waals surface area contributed by atoms with Crippen molar-refractivity contribution in [2.75, 3.05) is 29.4 Å². The molecule has 1 amide bonds. The Morgan fingerprint density at radius 2 is 1.75 bits per heavy atom. The highest BCUT2D eigenvalue weighted by molar-refractivity contribution is 7.92. The third-order valence-corrected chi connectivity index (χ3v) is 7.79. The van der Waals surface area contributed by atoms with Gasteiger partial charge in [0.1, 0.15) is 0 Å². The van der Waals surface area contributed by atoms with Gasteiger partial charge in [0.05, 0.1) is 16.3 Å². The van der Waals surface area contributed by atoms with Gasteiger partial charge in [0, 0.05) is 29.9 Å². The van der Waals surface area contributed by atoms with Crippen molar-refractivity contribution in [2.24, 2.45) is 0 Å². The first-order valence-corrected chi connectivity index (χ1v) is 12.0. The zero-order valence-electron chi connectivity index (χ0n) is 15.4. The highest BCUT2D eigenvalue weighted by atomic mass is 35.5. The van der Waals surface area contributed by atoms with E-state index >= 15 is 0 Å². The zero-order chi connectivity index (χ0) is 20.9. The maximum atomic E-state index is 12.9. The van der Waals surface area contributed by atoms with Crippen LogP contribution in [0, 0.1) is 0 Å². The van der Waals surface area contributed by atoms with E-state index in [-0.39, 0.29) is 28.5 Å². The van der Waals surface area contributed by atoms with Gasteiger partial charge in [0.25, 0.3) is 15.9 Å². The molecule has 0 bridgehead atoms. The van der Waals surface area contributed by atoms with Crippen molar-refractivity contribution >= 4 is 43.1 Å². The summed E-state index contributed by atoms with van der Waals surface area (Å²) in [7, 11) is -5.72. The molecule has 10 heteroatoms. The minimum Gasteiger partial charge on any atom is -0.351 e. The molecule has 1 N–H and O–H groups in total. The van der Waals surface area contributed by atoms with Gasteiger partial charge in [-0.25, -0.2) is 16.8 Å². The summed E-state index contributed by atoms with van der Waals surface area (Å²) in [6.07, 6.45) is 0. The van der Waals surface area contributed by atoms with Crippen molar-refractivity contribution in [2.45, 2.75) is 11.8 Å². The van der Waals surface area contributed by atoms with Crippen LogP contribution in [-0.4, -0.2) is 47.8 Å². The number of hydrogen-bond acceptors (Lipinski definition) is 5. The summed E-state index contributed by atoms with van der Waals surface area (Å²) in [5, 5.41) is 2.89. The summed E-state index contributed by atoms with van der Waals surface area (Å²) in [5.41, 5.74) is 0.501. The Hall–Kier alpha value is -2.10. The van der Waals surface area contributed by atoms with Gasteiger partial charge in [-0.05, 0) is 36.4 Å². The fourth-order valence-corrected chi connectivity index (χ4v) is 4.45. The van der Waals surface area contributed by atoms with Crippen LogP contribution in [0.2, 0.25) is 5.02 Å². The molecule has 0 unspecified atom stereocenters. The zero-order valence-corrected chi connectivity index (χ0v) is 17.8. The summed E-state index contributed by atoms with van der Waals surface area (Å²) in [6.45, 7) is 1.48. The van der Waals surface area contributed by atoms with Crippen molar-refractivity contribution in [3.05, 3.63) is 59.1 Å². The van der Waals surface area contributed by atoms with E-state index in [1.807, 2.05) is 0 Å². The van der Waals surface area contributed by atoms with Crippen molar-refractivity contribution in [1.29, 1.82) is 0 Å². The van der Waals surface area contributed by atoms with Gasteiger partial charge < -0.3 is 5.32 Å². The van der Waals surface area contributed by atoms with Crippen LogP contribution in [0.1, 0.15) is 17.3 Å². The predicted octanol–water partition coefficient (Wildman–Crippen LogP) is 2.33. The molecule has 0 aliphatic carbocycles. The van der Waals surface area contributed by atoms with Crippen LogP contribution in [-0.2, 0) is 19.9 Å². The highest BCUT2D eigenvalue weighted by Gasteiger charge is 2.22. The van der Waals surface area contributed by atoms with E-state index < -0.39 is 25.8 Å². The molecule has 0 aromatic heterocycles. The second-order valence-electron chi connectivity index (χ2n) is 5.97. The van der Waals surface area contributed by atoms with Gasteiger partial charge in [-0.1, -0.05) is 30.7 Å². The van der Waals surface area contributed by atoms with Crippen molar-refractivity contribution in [3.63, 3.8) is 0 Å². The maximum absolute atomic E-state index is 12.9. The topological polar surface area (TPSA) is 101 Å². The Balaban J connectivity index is 2.20. The Labute approximate surface area is 170 Å². The molecular weight excluding hydrogens is 424 g/mol. The van der Waals surface area contributed by atoms with Crippen LogP contribution < -0.4 is 9.62 Å². The number of benzene rings is 2. The predicted molar refractivity (Wildman–Crippen MR) is 110 cm³/mol. The molecule has 0 spiro atoms. The average molecular weight is 445 g/mol. The number of hydrogen-bond donors (Lipinski definition) is 1. The second-order valence-corrected chi connectivity index (χ2v) is 10.9. The van der Waals surface area contributed by atoms with E-state index in [0.717, 1.165) is 4.31 Å². The van der Waals surface area contributed by atoms with Crippen molar-refractivity contribution in [1.82, 2.24) is 5.32 Å². The molecule has 2 rings (SSSR count). The second kappa shape index (κ2) is 8.93. The molecule has 0 aliphatic heterocycles. The van der Waals surface area contributed by atoms with Gasteiger partial charge >= 0.3 is 0 Å². The van der Waals surface area contributed by atoms with Crippen molar-refractivity contribution < 1.29 is 21.6 Å². The monoisotopic (exact) mass is 444 g/mol. The molecule has 0 aliphatic rings. The molecule has 7 nitrogen and oxygen atoms in total. The Morgan fingerprint density at radius 3 is 2.39 bits per heavy atom. The van der Waals surface area contributed by atoms with Crippen LogP contribution in [0.3, 0.4) is 0 Å². The number of nitrogens with zero attached hydrogens (tertiary/aromatic N) is 1. The SMILES string of the molecule is CCS(=O)(=O)CCNC(=O)c1cccc(S(=O)(=O)N(C)c2cccc(Cl)c2)c1. The maximum Gasteiger partial charge on any atom is 0.264 e. The van der Waals surface area contributed by atoms with Crippen LogP contribution in [0.4, 0.5) is 5.69 Å². The number of amides is 1. The molecule has 0 fully saturated rings. The minimum atomic E-state index is -3.91. The number of carbonyl (C=O) groups is 1. The van der Waals surface area contributed by atoms with Crippen LogP contribution in [0.15, 0.2) is 53.4 Å². The smallest absolute Gasteiger partial charge is 0.264 e. The first-order valence-electron chi connectivity index (χ1n) is 8.40. The molecule has 2 aromatic rings. The summed E-state index contributed by atoms with van der Waals surface area (Å²) in [4.78, 5) is 12.2. The number of nitrogens with one attached hydrogen (secondary N) is 1. The summed E-state index contributed by atoms with van der Waals surface area (Å²) >= 11 is 5.93. The van der Waals surface area contributed by atoms with Crippen LogP contribution in [0.5, 0.6) is 0 Å². The minimum absolute atomic E-state index is 0.00750. The molecule has 28 heavy (non-hydrogen) atoms. The third kappa shape index (κ3) is 5.46. The van der Waals surface area contributed by atoms with E-state index in [9.17, 15) is 21.6 Å². The molecular formula is C18H21ClN2O5S2. The van der Waals surface area contributed by atoms with E-state index in [1.54, 1.807) is 18.2 Å². The molecule has 0 heterocycles. The highest BCUT2D eigenvalue weighted by Crippen LogP contribution is 2.25. The van der Waals surface area contributed by atoms with Crippen molar-refractivity contribution in [3.8, 4) is 0 Å². The summed E-state index contributed by atoms with van der Waals surface area (Å²) in [6, 6.07) is 11.9. The van der Waals surface area contributed by atoms with E-state index in [2.05, 4.69) is 5.32 Å². The Kier molecular flexibility index (Phi) is 7.08. The molecule has 152 valence electrons. The fourth-order valence-electron chi connectivity index (χ4n) is 2.33. The Morgan fingerprint density at radius 1 is 1.07 bits per heavy atom.